The van der Waals surface area contributed by atoms with Gasteiger partial charge in [0.05, 0.1) is 7.11 Å². The summed E-state index contributed by atoms with van der Waals surface area (Å²) in [4.78, 5) is 11.0. The zero-order valence-corrected chi connectivity index (χ0v) is 9.02. The Morgan fingerprint density at radius 1 is 1.50 bits per heavy atom. The highest BCUT2D eigenvalue weighted by Gasteiger charge is 2.40. The second kappa shape index (κ2) is 3.59. The van der Waals surface area contributed by atoms with E-state index in [2.05, 4.69) is 0 Å². The lowest BCUT2D eigenvalue weighted by Gasteiger charge is -2.31. The van der Waals surface area contributed by atoms with Crippen LogP contribution in [0.3, 0.4) is 0 Å². The molecule has 1 aliphatic rings. The highest BCUT2D eigenvalue weighted by molar-refractivity contribution is 5.78. The van der Waals surface area contributed by atoms with Crippen molar-refractivity contribution in [3.05, 3.63) is 18.2 Å². The van der Waals surface area contributed by atoms with Crippen molar-refractivity contribution in [1.82, 2.24) is 0 Å². The van der Waals surface area contributed by atoms with Crippen LogP contribution in [0.4, 0.5) is 0 Å². The van der Waals surface area contributed by atoms with Crippen LogP contribution in [-0.4, -0.2) is 30.4 Å². The molecule has 2 rings (SSSR count). The summed E-state index contributed by atoms with van der Waals surface area (Å²) in [6, 6.07) is 4.99. The summed E-state index contributed by atoms with van der Waals surface area (Å²) in [6.07, 6.45) is 0. The first-order valence-electron chi connectivity index (χ1n) is 4.78. The molecule has 0 saturated carbocycles. The lowest BCUT2D eigenvalue weighted by Crippen LogP contribution is -2.49. The largest absolute Gasteiger partial charge is 0.497 e. The molecule has 1 heterocycles. The van der Waals surface area contributed by atoms with Gasteiger partial charge in [0, 0.05) is 6.07 Å². The Morgan fingerprint density at radius 2 is 2.25 bits per heavy atom. The summed E-state index contributed by atoms with van der Waals surface area (Å²) < 4.78 is 15.8. The Kier molecular flexibility index (Phi) is 2.38. The fraction of sp³-hybridized carbons (Fsp3) is 0.364. The molecule has 1 aromatic carbocycles. The highest BCUT2D eigenvalue weighted by Crippen LogP contribution is 2.37. The van der Waals surface area contributed by atoms with Gasteiger partial charge in [-0.05, 0) is 19.1 Å². The Bertz CT molecular complexity index is 428. The van der Waals surface area contributed by atoms with Crippen molar-refractivity contribution in [2.24, 2.45) is 0 Å². The maximum Gasteiger partial charge on any atom is 0.351 e. The summed E-state index contributed by atoms with van der Waals surface area (Å²) >= 11 is 0. The van der Waals surface area contributed by atoms with Crippen molar-refractivity contribution in [2.75, 3.05) is 13.7 Å². The second-order valence-electron chi connectivity index (χ2n) is 3.74. The summed E-state index contributed by atoms with van der Waals surface area (Å²) in [5.74, 6) is 0.505. The number of hydrogen-bond donors (Lipinski definition) is 1. The van der Waals surface area contributed by atoms with E-state index in [0.29, 0.717) is 17.2 Å². The first kappa shape index (κ1) is 10.6. The molecule has 1 aliphatic heterocycles. The molecule has 0 aromatic heterocycles. The van der Waals surface area contributed by atoms with E-state index in [9.17, 15) is 4.79 Å². The van der Waals surface area contributed by atoms with Crippen molar-refractivity contribution in [1.29, 1.82) is 0 Å². The fourth-order valence-electron chi connectivity index (χ4n) is 1.41. The van der Waals surface area contributed by atoms with Crippen LogP contribution in [0.25, 0.3) is 0 Å². The normalized spacial score (nSPS) is 22.6. The number of carboxylic acids is 1. The molecule has 0 aliphatic carbocycles. The third kappa shape index (κ3) is 1.64. The molecule has 1 aromatic rings. The lowest BCUT2D eigenvalue weighted by molar-refractivity contribution is -0.158. The zero-order valence-electron chi connectivity index (χ0n) is 9.02. The zero-order chi connectivity index (χ0) is 11.8. The Balaban J connectivity index is 2.32. The molecule has 1 N–H and O–H groups in total. The first-order valence-corrected chi connectivity index (χ1v) is 4.78. The molecule has 0 bridgehead atoms. The van der Waals surface area contributed by atoms with Gasteiger partial charge < -0.3 is 19.3 Å². The van der Waals surface area contributed by atoms with Crippen LogP contribution < -0.4 is 14.2 Å². The maximum atomic E-state index is 11.0. The molecule has 0 spiro atoms. The van der Waals surface area contributed by atoms with Gasteiger partial charge in [-0.15, -0.1) is 0 Å². The minimum absolute atomic E-state index is 0.0253. The number of methoxy groups -OCH3 is 1. The minimum atomic E-state index is -1.33. The van der Waals surface area contributed by atoms with Crippen molar-refractivity contribution in [2.45, 2.75) is 12.5 Å². The van der Waals surface area contributed by atoms with Crippen molar-refractivity contribution < 1.29 is 24.1 Å². The van der Waals surface area contributed by atoms with Crippen LogP contribution in [0.15, 0.2) is 18.2 Å². The number of carboxylic acid groups (broad SMARTS) is 1. The minimum Gasteiger partial charge on any atom is -0.497 e. The monoisotopic (exact) mass is 224 g/mol. The molecule has 5 nitrogen and oxygen atoms in total. The molecule has 5 heteroatoms. The van der Waals surface area contributed by atoms with Crippen LogP contribution >= 0.6 is 0 Å². The van der Waals surface area contributed by atoms with Crippen LogP contribution in [-0.2, 0) is 4.79 Å². The van der Waals surface area contributed by atoms with E-state index in [1.54, 1.807) is 25.3 Å². The SMILES string of the molecule is COc1ccc2c(c1)OCC(C)(C(=O)O)O2. The van der Waals surface area contributed by atoms with Crippen LogP contribution in [0.1, 0.15) is 6.92 Å². The number of fused-ring (bicyclic) bond motifs is 1. The van der Waals surface area contributed by atoms with Gasteiger partial charge in [-0.3, -0.25) is 0 Å². The lowest BCUT2D eigenvalue weighted by atomic mass is 10.1. The number of ether oxygens (including phenoxy) is 3. The van der Waals surface area contributed by atoms with Gasteiger partial charge in [0.15, 0.2) is 11.5 Å². The molecule has 16 heavy (non-hydrogen) atoms. The topological polar surface area (TPSA) is 65.0 Å². The fourth-order valence-corrected chi connectivity index (χ4v) is 1.41. The van der Waals surface area contributed by atoms with E-state index in [1.807, 2.05) is 0 Å². The standard InChI is InChI=1S/C11H12O5/c1-11(10(12)13)6-15-9-5-7(14-2)3-4-8(9)16-11/h3-5H,6H2,1-2H3,(H,12,13). The second-order valence-corrected chi connectivity index (χ2v) is 3.74. The molecule has 0 radical (unpaired) electrons. The van der Waals surface area contributed by atoms with Gasteiger partial charge in [0.1, 0.15) is 12.4 Å². The molecular weight excluding hydrogens is 212 g/mol. The van der Waals surface area contributed by atoms with E-state index < -0.39 is 11.6 Å². The number of benzene rings is 1. The number of aliphatic carboxylic acids is 1. The molecule has 1 atom stereocenters. The average molecular weight is 224 g/mol. The third-order valence-electron chi connectivity index (χ3n) is 2.44. The molecule has 0 fully saturated rings. The Labute approximate surface area is 92.5 Å². The summed E-state index contributed by atoms with van der Waals surface area (Å²) in [5.41, 5.74) is -1.33. The van der Waals surface area contributed by atoms with Gasteiger partial charge in [-0.1, -0.05) is 0 Å². The third-order valence-corrected chi connectivity index (χ3v) is 2.44. The van der Waals surface area contributed by atoms with Gasteiger partial charge in [-0.2, -0.15) is 0 Å². The van der Waals surface area contributed by atoms with Crippen molar-refractivity contribution in [3.63, 3.8) is 0 Å². The molecule has 0 saturated heterocycles. The van der Waals surface area contributed by atoms with Gasteiger partial charge in [0.25, 0.3) is 0 Å². The van der Waals surface area contributed by atoms with Gasteiger partial charge >= 0.3 is 5.97 Å². The van der Waals surface area contributed by atoms with E-state index in [0.717, 1.165) is 0 Å². The van der Waals surface area contributed by atoms with Gasteiger partial charge in [0.2, 0.25) is 5.60 Å². The summed E-state index contributed by atoms with van der Waals surface area (Å²) in [7, 11) is 1.55. The molecule has 86 valence electrons. The van der Waals surface area contributed by atoms with E-state index >= 15 is 0 Å². The quantitative estimate of drug-likeness (QED) is 0.820. The number of carbonyl (C=O) groups is 1. The summed E-state index contributed by atoms with van der Waals surface area (Å²) in [5, 5.41) is 8.99. The van der Waals surface area contributed by atoms with Crippen LogP contribution in [0.2, 0.25) is 0 Å². The van der Waals surface area contributed by atoms with E-state index in [4.69, 9.17) is 19.3 Å². The summed E-state index contributed by atoms with van der Waals surface area (Å²) in [6.45, 7) is 1.45. The van der Waals surface area contributed by atoms with Crippen molar-refractivity contribution >= 4 is 5.97 Å². The predicted octanol–water partition coefficient (Wildman–Crippen LogP) is 1.31. The molecule has 0 amide bonds. The number of hydrogen-bond acceptors (Lipinski definition) is 4. The first-order chi connectivity index (χ1) is 7.55. The highest BCUT2D eigenvalue weighted by atomic mass is 16.6. The van der Waals surface area contributed by atoms with E-state index in [-0.39, 0.29) is 6.61 Å². The molecular formula is C11H12O5. The smallest absolute Gasteiger partial charge is 0.351 e. The Morgan fingerprint density at radius 3 is 2.88 bits per heavy atom. The van der Waals surface area contributed by atoms with Gasteiger partial charge in [-0.25, -0.2) is 4.79 Å². The Hall–Kier alpha value is -1.91. The molecule has 1 unspecified atom stereocenters. The average Bonchev–Trinajstić information content (AvgIpc) is 2.28. The van der Waals surface area contributed by atoms with Crippen molar-refractivity contribution in [3.8, 4) is 17.2 Å². The number of rotatable bonds is 2. The van der Waals surface area contributed by atoms with E-state index in [1.165, 1.54) is 6.92 Å². The van der Waals surface area contributed by atoms with Crippen LogP contribution in [0, 0.1) is 0 Å². The maximum absolute atomic E-state index is 11.0. The van der Waals surface area contributed by atoms with Crippen LogP contribution in [0.5, 0.6) is 17.2 Å². The predicted molar refractivity (Wildman–Crippen MR) is 55.2 cm³/mol.